The van der Waals surface area contributed by atoms with Gasteiger partial charge in [-0.3, -0.25) is 0 Å². The first kappa shape index (κ1) is 13.6. The number of benzene rings is 1. The molecule has 2 heterocycles. The molecule has 0 radical (unpaired) electrons. The Morgan fingerprint density at radius 1 is 1.40 bits per heavy atom. The summed E-state index contributed by atoms with van der Waals surface area (Å²) in [6, 6.07) is 6.02. The highest BCUT2D eigenvalue weighted by Crippen LogP contribution is 2.26. The highest BCUT2D eigenvalue weighted by molar-refractivity contribution is 7.09. The smallest absolute Gasteiger partial charge is 0.113 e. The van der Waals surface area contributed by atoms with Crippen molar-refractivity contribution in [2.24, 2.45) is 5.73 Å². The Bertz CT molecular complexity index is 745. The summed E-state index contributed by atoms with van der Waals surface area (Å²) in [7, 11) is 0. The van der Waals surface area contributed by atoms with Crippen LogP contribution < -0.4 is 5.73 Å². The summed E-state index contributed by atoms with van der Waals surface area (Å²) in [6.07, 6.45) is 3.05. The van der Waals surface area contributed by atoms with Crippen LogP contribution in [0.15, 0.2) is 29.8 Å². The number of rotatable bonds is 4. The summed E-state index contributed by atoms with van der Waals surface area (Å²) in [5, 5.41) is 5.17. The number of aryl methyl sites for hydroxylation is 1. The van der Waals surface area contributed by atoms with E-state index in [1.807, 2.05) is 19.1 Å². The maximum atomic E-state index is 6.13. The molecule has 1 aromatic carbocycles. The molecule has 20 heavy (non-hydrogen) atoms. The molecule has 0 aliphatic heterocycles. The van der Waals surface area contributed by atoms with Gasteiger partial charge in [-0.2, -0.15) is 0 Å². The largest absolute Gasteiger partial charge is 0.340 e. The molecule has 0 unspecified atom stereocenters. The van der Waals surface area contributed by atoms with Gasteiger partial charge in [0.05, 0.1) is 12.1 Å². The van der Waals surface area contributed by atoms with Crippen molar-refractivity contribution >= 4 is 33.8 Å². The second-order valence-corrected chi connectivity index (χ2v) is 6.24. The Kier molecular flexibility index (Phi) is 3.78. The average Bonchev–Trinajstić information content (AvgIpc) is 2.96. The van der Waals surface area contributed by atoms with Gasteiger partial charge in [0, 0.05) is 27.7 Å². The Labute approximate surface area is 127 Å². The van der Waals surface area contributed by atoms with Crippen LogP contribution in [-0.4, -0.2) is 16.1 Å². The third-order valence-electron chi connectivity index (χ3n) is 3.31. The minimum atomic E-state index is 0.651. The van der Waals surface area contributed by atoms with Crippen molar-refractivity contribution in [3.8, 4) is 0 Å². The second kappa shape index (κ2) is 5.56. The van der Waals surface area contributed by atoms with Gasteiger partial charge in [0.25, 0.3) is 0 Å². The molecule has 0 aliphatic rings. The van der Waals surface area contributed by atoms with E-state index in [1.165, 1.54) is 10.9 Å². The summed E-state index contributed by atoms with van der Waals surface area (Å²) in [5.41, 5.74) is 9.19. The summed E-state index contributed by atoms with van der Waals surface area (Å²) >= 11 is 7.82. The number of nitrogens with two attached hydrogens (primary N) is 1. The number of fused-ring (bicyclic) bond motifs is 1. The van der Waals surface area contributed by atoms with Gasteiger partial charge in [0.1, 0.15) is 5.01 Å². The summed E-state index contributed by atoms with van der Waals surface area (Å²) in [4.78, 5) is 4.53. The molecular formula is C15H16ClN3S. The Morgan fingerprint density at radius 2 is 2.25 bits per heavy atom. The minimum Gasteiger partial charge on any atom is -0.340 e. The predicted octanol–water partition coefficient (Wildman–Crippen LogP) is 3.61. The lowest BCUT2D eigenvalue weighted by Crippen LogP contribution is -2.02. The van der Waals surface area contributed by atoms with Crippen molar-refractivity contribution in [2.75, 3.05) is 6.54 Å². The van der Waals surface area contributed by atoms with E-state index < -0.39 is 0 Å². The van der Waals surface area contributed by atoms with Gasteiger partial charge in [-0.05, 0) is 37.6 Å². The lowest BCUT2D eigenvalue weighted by molar-refractivity contribution is 0.816. The SMILES string of the molecule is Cc1csc(Cn2cc(CCN)c3ccc(Cl)cc32)n1. The van der Waals surface area contributed by atoms with Crippen LogP contribution in [0.5, 0.6) is 0 Å². The van der Waals surface area contributed by atoms with E-state index in [-0.39, 0.29) is 0 Å². The summed E-state index contributed by atoms with van der Waals surface area (Å²) in [6.45, 7) is 3.45. The van der Waals surface area contributed by atoms with Crippen molar-refractivity contribution in [2.45, 2.75) is 19.9 Å². The highest BCUT2D eigenvalue weighted by Gasteiger charge is 2.10. The van der Waals surface area contributed by atoms with E-state index in [1.54, 1.807) is 11.3 Å². The van der Waals surface area contributed by atoms with Crippen LogP contribution in [0.1, 0.15) is 16.3 Å². The monoisotopic (exact) mass is 305 g/mol. The van der Waals surface area contributed by atoms with Gasteiger partial charge in [0.2, 0.25) is 0 Å². The highest BCUT2D eigenvalue weighted by atomic mass is 35.5. The average molecular weight is 306 g/mol. The van der Waals surface area contributed by atoms with Gasteiger partial charge < -0.3 is 10.3 Å². The lowest BCUT2D eigenvalue weighted by Gasteiger charge is -2.02. The molecule has 0 atom stereocenters. The third kappa shape index (κ3) is 2.59. The van der Waals surface area contributed by atoms with Gasteiger partial charge in [0.15, 0.2) is 0 Å². The lowest BCUT2D eigenvalue weighted by atomic mass is 10.1. The molecule has 0 amide bonds. The fourth-order valence-corrected chi connectivity index (χ4v) is 3.38. The van der Waals surface area contributed by atoms with E-state index in [4.69, 9.17) is 17.3 Å². The van der Waals surface area contributed by atoms with Crippen molar-refractivity contribution in [1.82, 2.24) is 9.55 Å². The first-order valence-corrected chi connectivity index (χ1v) is 7.81. The van der Waals surface area contributed by atoms with E-state index in [2.05, 4.69) is 27.2 Å². The Balaban J connectivity index is 2.06. The van der Waals surface area contributed by atoms with Crippen LogP contribution in [0.25, 0.3) is 10.9 Å². The fraction of sp³-hybridized carbons (Fsp3) is 0.267. The van der Waals surface area contributed by atoms with Crippen LogP contribution in [0.2, 0.25) is 5.02 Å². The minimum absolute atomic E-state index is 0.651. The molecule has 0 saturated carbocycles. The van der Waals surface area contributed by atoms with Crippen molar-refractivity contribution in [3.05, 3.63) is 51.1 Å². The maximum absolute atomic E-state index is 6.13. The molecule has 0 saturated heterocycles. The number of halogens is 1. The van der Waals surface area contributed by atoms with E-state index >= 15 is 0 Å². The number of thiazole rings is 1. The fourth-order valence-electron chi connectivity index (χ4n) is 2.45. The van der Waals surface area contributed by atoms with Crippen molar-refractivity contribution in [3.63, 3.8) is 0 Å². The first-order valence-electron chi connectivity index (χ1n) is 6.55. The van der Waals surface area contributed by atoms with E-state index in [0.717, 1.165) is 34.2 Å². The molecule has 2 N–H and O–H groups in total. The van der Waals surface area contributed by atoms with Gasteiger partial charge in [-0.1, -0.05) is 17.7 Å². The molecule has 0 bridgehead atoms. The van der Waals surface area contributed by atoms with Crippen LogP contribution >= 0.6 is 22.9 Å². The topological polar surface area (TPSA) is 43.8 Å². The molecule has 3 nitrogen and oxygen atoms in total. The quantitative estimate of drug-likeness (QED) is 0.800. The zero-order valence-electron chi connectivity index (χ0n) is 11.3. The van der Waals surface area contributed by atoms with Crippen molar-refractivity contribution < 1.29 is 0 Å². The van der Waals surface area contributed by atoms with Crippen molar-refractivity contribution in [1.29, 1.82) is 0 Å². The first-order chi connectivity index (χ1) is 9.67. The van der Waals surface area contributed by atoms with Gasteiger partial charge in [-0.25, -0.2) is 4.98 Å². The van der Waals surface area contributed by atoms with Crippen LogP contribution in [0.3, 0.4) is 0 Å². The van der Waals surface area contributed by atoms with Crippen LogP contribution in [0.4, 0.5) is 0 Å². The molecular weight excluding hydrogens is 290 g/mol. The predicted molar refractivity (Wildman–Crippen MR) is 85.7 cm³/mol. The Morgan fingerprint density at radius 3 is 2.95 bits per heavy atom. The summed E-state index contributed by atoms with van der Waals surface area (Å²) < 4.78 is 2.21. The Hall–Kier alpha value is -1.36. The third-order valence-corrected chi connectivity index (χ3v) is 4.50. The zero-order valence-corrected chi connectivity index (χ0v) is 12.8. The molecule has 2 aromatic heterocycles. The molecule has 5 heteroatoms. The number of nitrogens with zero attached hydrogens (tertiary/aromatic N) is 2. The zero-order chi connectivity index (χ0) is 14.1. The number of aromatic nitrogens is 2. The summed E-state index contributed by atoms with van der Waals surface area (Å²) in [5.74, 6) is 0. The molecule has 3 aromatic rings. The number of hydrogen-bond acceptors (Lipinski definition) is 3. The van der Waals surface area contributed by atoms with Crippen LogP contribution in [-0.2, 0) is 13.0 Å². The van der Waals surface area contributed by atoms with Gasteiger partial charge in [-0.15, -0.1) is 11.3 Å². The standard InChI is InChI=1S/C15H16ClN3S/c1-10-9-20-15(18-10)8-19-7-11(4-5-17)13-3-2-12(16)6-14(13)19/h2-3,6-7,9H,4-5,8,17H2,1H3. The molecule has 0 fully saturated rings. The van der Waals surface area contributed by atoms with Crippen LogP contribution in [0, 0.1) is 6.92 Å². The molecule has 0 aliphatic carbocycles. The maximum Gasteiger partial charge on any atom is 0.113 e. The van der Waals surface area contributed by atoms with E-state index in [9.17, 15) is 0 Å². The normalized spacial score (nSPS) is 11.3. The number of hydrogen-bond donors (Lipinski definition) is 1. The van der Waals surface area contributed by atoms with Gasteiger partial charge >= 0.3 is 0 Å². The van der Waals surface area contributed by atoms with E-state index in [0.29, 0.717) is 6.54 Å². The molecule has 3 rings (SSSR count). The molecule has 0 spiro atoms. The second-order valence-electron chi connectivity index (χ2n) is 4.87. The molecule has 104 valence electrons.